The highest BCUT2D eigenvalue weighted by molar-refractivity contribution is 7.89. The third kappa shape index (κ3) is 2.37. The van der Waals surface area contributed by atoms with Gasteiger partial charge in [-0.15, -0.1) is 0 Å². The van der Waals surface area contributed by atoms with E-state index in [1.807, 2.05) is 24.3 Å². The highest BCUT2D eigenvalue weighted by Gasteiger charge is 2.36. The Bertz CT molecular complexity index is 754. The molecular weight excluding hydrogens is 288 g/mol. The van der Waals surface area contributed by atoms with Crippen LogP contribution in [-0.4, -0.2) is 35.8 Å². The molecule has 0 spiro atoms. The van der Waals surface area contributed by atoms with Gasteiger partial charge >= 0.3 is 0 Å². The number of nitrogens with one attached hydrogen (secondary N) is 1. The van der Waals surface area contributed by atoms with Gasteiger partial charge in [-0.05, 0) is 24.5 Å². The maximum atomic E-state index is 12.8. The van der Waals surface area contributed by atoms with E-state index in [0.717, 1.165) is 5.56 Å². The highest BCUT2D eigenvalue weighted by atomic mass is 32.2. The molecule has 3 rings (SSSR count). The van der Waals surface area contributed by atoms with Crippen molar-refractivity contribution in [1.29, 1.82) is 0 Å². The lowest BCUT2D eigenvalue weighted by atomic mass is 9.94. The Labute approximate surface area is 124 Å². The molecule has 0 saturated heterocycles. The maximum absolute atomic E-state index is 12.8. The molecule has 2 aromatic rings. The number of sulfonamides is 1. The van der Waals surface area contributed by atoms with Crippen molar-refractivity contribution in [2.45, 2.75) is 24.4 Å². The van der Waals surface area contributed by atoms with Crippen molar-refractivity contribution in [2.24, 2.45) is 5.73 Å². The molecule has 3 N–H and O–H groups in total. The molecule has 2 heterocycles. The number of fused-ring (bicyclic) bond motifs is 1. The summed E-state index contributed by atoms with van der Waals surface area (Å²) in [6, 6.07) is 7.53. The number of hydrogen-bond donors (Lipinski definition) is 2. The second-order valence-electron chi connectivity index (χ2n) is 5.15. The second-order valence-corrected chi connectivity index (χ2v) is 7.01. The molecule has 0 bridgehead atoms. The van der Waals surface area contributed by atoms with Crippen molar-refractivity contribution in [3.05, 3.63) is 47.4 Å². The van der Waals surface area contributed by atoms with Crippen LogP contribution in [0.4, 0.5) is 0 Å². The van der Waals surface area contributed by atoms with Gasteiger partial charge in [0.25, 0.3) is 10.0 Å². The summed E-state index contributed by atoms with van der Waals surface area (Å²) in [4.78, 5) is 6.78. The fourth-order valence-electron chi connectivity index (χ4n) is 2.82. The zero-order chi connectivity index (χ0) is 15.0. The summed E-state index contributed by atoms with van der Waals surface area (Å²) in [5.41, 5.74) is 8.02. The van der Waals surface area contributed by atoms with E-state index < -0.39 is 10.0 Å². The van der Waals surface area contributed by atoms with Gasteiger partial charge in [0, 0.05) is 13.1 Å². The average Bonchev–Trinajstić information content (AvgIpc) is 2.93. The van der Waals surface area contributed by atoms with Crippen LogP contribution in [-0.2, 0) is 16.4 Å². The van der Waals surface area contributed by atoms with Crippen LogP contribution in [0.15, 0.2) is 35.5 Å². The van der Waals surface area contributed by atoms with Crippen LogP contribution in [0, 0.1) is 6.92 Å². The van der Waals surface area contributed by atoms with Gasteiger partial charge < -0.3 is 10.7 Å². The van der Waals surface area contributed by atoms with Crippen molar-refractivity contribution in [3.8, 4) is 0 Å². The highest BCUT2D eigenvalue weighted by Crippen LogP contribution is 2.32. The van der Waals surface area contributed by atoms with Crippen LogP contribution in [0.5, 0.6) is 0 Å². The van der Waals surface area contributed by atoms with Crippen LogP contribution >= 0.6 is 0 Å². The largest absolute Gasteiger partial charge is 0.332 e. The maximum Gasteiger partial charge on any atom is 0.260 e. The average molecular weight is 306 g/mol. The summed E-state index contributed by atoms with van der Waals surface area (Å²) in [6.07, 6.45) is 2.05. The molecular formula is C14H18N4O2S. The Kier molecular flexibility index (Phi) is 3.56. The number of aryl methyl sites for hydroxylation is 1. The molecule has 112 valence electrons. The third-order valence-corrected chi connectivity index (χ3v) is 5.67. The smallest absolute Gasteiger partial charge is 0.260 e. The molecule has 0 saturated carbocycles. The fourth-order valence-corrected chi connectivity index (χ4v) is 4.40. The lowest BCUT2D eigenvalue weighted by molar-refractivity contribution is 0.312. The Morgan fingerprint density at radius 3 is 2.86 bits per heavy atom. The zero-order valence-corrected chi connectivity index (χ0v) is 12.6. The molecule has 1 aromatic carbocycles. The molecule has 1 atom stereocenters. The Morgan fingerprint density at radius 2 is 2.19 bits per heavy atom. The van der Waals surface area contributed by atoms with Gasteiger partial charge in [-0.1, -0.05) is 24.3 Å². The minimum absolute atomic E-state index is 0.123. The Hall–Kier alpha value is -1.70. The molecule has 21 heavy (non-hydrogen) atoms. The second kappa shape index (κ2) is 5.25. The molecule has 1 aliphatic heterocycles. The van der Waals surface area contributed by atoms with Crippen LogP contribution < -0.4 is 5.73 Å². The van der Waals surface area contributed by atoms with Gasteiger partial charge in [0.1, 0.15) is 5.82 Å². The number of aromatic amines is 1. The van der Waals surface area contributed by atoms with E-state index in [4.69, 9.17) is 5.73 Å². The third-order valence-electron chi connectivity index (χ3n) is 3.85. The lowest BCUT2D eigenvalue weighted by Crippen LogP contribution is -2.43. The van der Waals surface area contributed by atoms with Crippen LogP contribution in [0.3, 0.4) is 0 Å². The van der Waals surface area contributed by atoms with Crippen LogP contribution in [0.2, 0.25) is 0 Å². The summed E-state index contributed by atoms with van der Waals surface area (Å²) < 4.78 is 27.0. The Morgan fingerprint density at radius 1 is 1.43 bits per heavy atom. The van der Waals surface area contributed by atoms with Crippen LogP contribution in [0.1, 0.15) is 23.0 Å². The van der Waals surface area contributed by atoms with E-state index in [1.54, 1.807) is 6.92 Å². The normalized spacial score (nSPS) is 19.4. The minimum atomic E-state index is -3.61. The number of rotatable bonds is 3. The topological polar surface area (TPSA) is 92.1 Å². The SMILES string of the molecule is Cc1ncc(S(=O)(=O)N2CCc3ccccc3C2CN)[nH]1. The molecule has 1 unspecified atom stereocenters. The van der Waals surface area contributed by atoms with E-state index in [1.165, 1.54) is 16.1 Å². The molecule has 0 radical (unpaired) electrons. The van der Waals surface area contributed by atoms with Gasteiger partial charge in [0.2, 0.25) is 0 Å². The van der Waals surface area contributed by atoms with Gasteiger partial charge in [-0.25, -0.2) is 13.4 Å². The van der Waals surface area contributed by atoms with Crippen molar-refractivity contribution in [2.75, 3.05) is 13.1 Å². The number of hydrogen-bond acceptors (Lipinski definition) is 4. The summed E-state index contributed by atoms with van der Waals surface area (Å²) in [7, 11) is -3.61. The monoisotopic (exact) mass is 306 g/mol. The summed E-state index contributed by atoms with van der Waals surface area (Å²) in [5, 5.41) is 0.123. The number of benzene rings is 1. The van der Waals surface area contributed by atoms with E-state index in [9.17, 15) is 8.42 Å². The van der Waals surface area contributed by atoms with E-state index in [2.05, 4.69) is 9.97 Å². The van der Waals surface area contributed by atoms with E-state index >= 15 is 0 Å². The first-order valence-electron chi connectivity index (χ1n) is 6.85. The van der Waals surface area contributed by atoms with Gasteiger partial charge in [0.05, 0.1) is 12.2 Å². The lowest BCUT2D eigenvalue weighted by Gasteiger charge is -2.35. The molecule has 0 aliphatic carbocycles. The molecule has 7 heteroatoms. The van der Waals surface area contributed by atoms with Crippen LogP contribution in [0.25, 0.3) is 0 Å². The molecule has 0 amide bonds. The first-order chi connectivity index (χ1) is 10.0. The quantitative estimate of drug-likeness (QED) is 0.883. The molecule has 1 aliphatic rings. The molecule has 6 nitrogen and oxygen atoms in total. The van der Waals surface area contributed by atoms with Crippen molar-refractivity contribution >= 4 is 10.0 Å². The molecule has 0 fully saturated rings. The van der Waals surface area contributed by atoms with Crippen molar-refractivity contribution in [1.82, 2.24) is 14.3 Å². The minimum Gasteiger partial charge on any atom is -0.332 e. The van der Waals surface area contributed by atoms with Crippen molar-refractivity contribution < 1.29 is 8.42 Å². The summed E-state index contributed by atoms with van der Waals surface area (Å²) in [6.45, 7) is 2.41. The van der Waals surface area contributed by atoms with Gasteiger partial charge in [0.15, 0.2) is 5.03 Å². The summed E-state index contributed by atoms with van der Waals surface area (Å²) in [5.74, 6) is 0.579. The number of H-pyrrole nitrogens is 1. The number of aromatic nitrogens is 2. The van der Waals surface area contributed by atoms with Gasteiger partial charge in [-0.3, -0.25) is 0 Å². The van der Waals surface area contributed by atoms with Gasteiger partial charge in [-0.2, -0.15) is 4.31 Å². The van der Waals surface area contributed by atoms with E-state index in [0.29, 0.717) is 18.8 Å². The van der Waals surface area contributed by atoms with E-state index in [-0.39, 0.29) is 17.6 Å². The Balaban J connectivity index is 2.03. The summed E-state index contributed by atoms with van der Waals surface area (Å²) >= 11 is 0. The molecule has 1 aromatic heterocycles. The standard InChI is InChI=1S/C14H18N4O2S/c1-10-16-9-14(17-10)21(19,20)18-7-6-11-4-2-3-5-12(11)13(18)8-15/h2-5,9,13H,6-8,15H2,1H3,(H,16,17). The zero-order valence-electron chi connectivity index (χ0n) is 11.8. The first-order valence-corrected chi connectivity index (χ1v) is 8.29. The number of imidazole rings is 1. The van der Waals surface area contributed by atoms with Crippen molar-refractivity contribution in [3.63, 3.8) is 0 Å². The predicted molar refractivity (Wildman–Crippen MR) is 79.2 cm³/mol. The number of nitrogens with zero attached hydrogens (tertiary/aromatic N) is 2. The fraction of sp³-hybridized carbons (Fsp3) is 0.357. The predicted octanol–water partition coefficient (Wildman–Crippen LogP) is 0.965. The first kappa shape index (κ1) is 14.2. The number of nitrogens with two attached hydrogens (primary N) is 1.